The summed E-state index contributed by atoms with van der Waals surface area (Å²) < 4.78 is 0. The molecule has 0 amide bonds. The van der Waals surface area contributed by atoms with Crippen molar-refractivity contribution in [3.8, 4) is 0 Å². The minimum atomic E-state index is 0.622. The first kappa shape index (κ1) is 17.9. The highest BCUT2D eigenvalue weighted by Crippen LogP contribution is 2.09. The molecule has 0 saturated carbocycles. The van der Waals surface area contributed by atoms with Crippen molar-refractivity contribution in [2.24, 2.45) is 0 Å². The van der Waals surface area contributed by atoms with Gasteiger partial charge in [-0.05, 0) is 52.2 Å². The van der Waals surface area contributed by atoms with E-state index in [1.165, 1.54) is 51.6 Å². The Morgan fingerprint density at radius 2 is 1.44 bits per heavy atom. The molecule has 0 fully saturated rings. The fraction of sp³-hybridized carbons (Fsp3) is 1.00. The largest absolute Gasteiger partial charge is 0.315 e. The highest BCUT2D eigenvalue weighted by molar-refractivity contribution is 4.68. The maximum Gasteiger partial charge on any atom is 0.00674 e. The third-order valence-corrected chi connectivity index (χ3v) is 3.57. The zero-order chi connectivity index (χ0) is 13.8. The molecule has 0 heterocycles. The van der Waals surface area contributed by atoms with Gasteiger partial charge in [-0.3, -0.25) is 0 Å². The van der Waals surface area contributed by atoms with E-state index in [2.05, 4.69) is 44.8 Å². The summed E-state index contributed by atoms with van der Waals surface area (Å²) in [6.07, 6.45) is 7.94. The van der Waals surface area contributed by atoms with Gasteiger partial charge in [-0.25, -0.2) is 0 Å². The molecular formula is C16H36N2. The van der Waals surface area contributed by atoms with Crippen LogP contribution in [0.25, 0.3) is 0 Å². The number of unbranched alkanes of at least 4 members (excludes halogenated alkanes) is 2. The molecule has 110 valence electrons. The Morgan fingerprint density at radius 3 is 1.89 bits per heavy atom. The molecular weight excluding hydrogens is 220 g/mol. The van der Waals surface area contributed by atoms with E-state index >= 15 is 0 Å². The van der Waals surface area contributed by atoms with Gasteiger partial charge in [0.25, 0.3) is 0 Å². The molecule has 0 bridgehead atoms. The normalized spacial score (nSPS) is 13.5. The average Bonchev–Trinajstić information content (AvgIpc) is 2.34. The molecule has 0 aliphatic carbocycles. The summed E-state index contributed by atoms with van der Waals surface area (Å²) in [7, 11) is 0. The van der Waals surface area contributed by atoms with Crippen molar-refractivity contribution in [3.05, 3.63) is 0 Å². The summed E-state index contributed by atoms with van der Waals surface area (Å²) in [5, 5.41) is 3.51. The van der Waals surface area contributed by atoms with Crippen LogP contribution >= 0.6 is 0 Å². The van der Waals surface area contributed by atoms with E-state index in [1.54, 1.807) is 0 Å². The molecule has 1 atom stereocenters. The van der Waals surface area contributed by atoms with Gasteiger partial charge in [0.1, 0.15) is 0 Å². The van der Waals surface area contributed by atoms with Gasteiger partial charge in [-0.1, -0.05) is 40.5 Å². The molecule has 0 aromatic heterocycles. The quantitative estimate of drug-likeness (QED) is 0.530. The molecule has 0 aromatic rings. The smallest absolute Gasteiger partial charge is 0.00674 e. The minimum absolute atomic E-state index is 0.622. The molecule has 18 heavy (non-hydrogen) atoms. The van der Waals surface area contributed by atoms with Crippen LogP contribution in [0.5, 0.6) is 0 Å². The maximum atomic E-state index is 3.51. The van der Waals surface area contributed by atoms with Gasteiger partial charge in [0.05, 0.1) is 0 Å². The first-order chi connectivity index (χ1) is 8.61. The van der Waals surface area contributed by atoms with Crippen molar-refractivity contribution in [2.45, 2.75) is 85.2 Å². The summed E-state index contributed by atoms with van der Waals surface area (Å²) in [5.74, 6) is 0. The molecule has 0 aliphatic rings. The predicted octanol–water partition coefficient (Wildman–Crippen LogP) is 4.06. The monoisotopic (exact) mass is 256 g/mol. The van der Waals surface area contributed by atoms with Crippen LogP contribution in [-0.2, 0) is 0 Å². The lowest BCUT2D eigenvalue weighted by atomic mass is 10.1. The zero-order valence-corrected chi connectivity index (χ0v) is 13.5. The second kappa shape index (κ2) is 12.0. The summed E-state index contributed by atoms with van der Waals surface area (Å²) >= 11 is 0. The highest BCUT2D eigenvalue weighted by atomic mass is 15.1. The molecule has 2 nitrogen and oxygen atoms in total. The molecule has 0 aliphatic heterocycles. The standard InChI is InChI=1S/C16H36N2/c1-6-8-13-18(14-9-7-2)16(5)11-10-12-17-15(3)4/h15-17H,6-14H2,1-5H3. The van der Waals surface area contributed by atoms with Crippen molar-refractivity contribution in [1.29, 1.82) is 0 Å². The van der Waals surface area contributed by atoms with E-state index in [0.29, 0.717) is 6.04 Å². The molecule has 2 heteroatoms. The molecule has 0 radical (unpaired) electrons. The number of hydrogen-bond donors (Lipinski definition) is 1. The van der Waals surface area contributed by atoms with Crippen molar-refractivity contribution >= 4 is 0 Å². The van der Waals surface area contributed by atoms with Crippen LogP contribution in [-0.4, -0.2) is 36.6 Å². The van der Waals surface area contributed by atoms with E-state index in [-0.39, 0.29) is 0 Å². The number of hydrogen-bond acceptors (Lipinski definition) is 2. The Labute approximate surface area is 116 Å². The lowest BCUT2D eigenvalue weighted by Crippen LogP contribution is -2.35. The van der Waals surface area contributed by atoms with Crippen LogP contribution in [0.3, 0.4) is 0 Å². The predicted molar refractivity (Wildman–Crippen MR) is 83.2 cm³/mol. The molecule has 0 saturated heterocycles. The zero-order valence-electron chi connectivity index (χ0n) is 13.5. The van der Waals surface area contributed by atoms with E-state index < -0.39 is 0 Å². The van der Waals surface area contributed by atoms with Crippen molar-refractivity contribution in [2.75, 3.05) is 19.6 Å². The van der Waals surface area contributed by atoms with Gasteiger partial charge in [0.15, 0.2) is 0 Å². The van der Waals surface area contributed by atoms with Crippen molar-refractivity contribution in [3.63, 3.8) is 0 Å². The molecule has 0 aromatic carbocycles. The Hall–Kier alpha value is -0.0800. The van der Waals surface area contributed by atoms with Gasteiger partial charge < -0.3 is 10.2 Å². The summed E-state index contributed by atoms with van der Waals surface area (Å²) in [6, 6.07) is 1.37. The van der Waals surface area contributed by atoms with Crippen molar-refractivity contribution < 1.29 is 0 Å². The van der Waals surface area contributed by atoms with Crippen LogP contribution in [0.1, 0.15) is 73.1 Å². The lowest BCUT2D eigenvalue weighted by molar-refractivity contribution is 0.191. The van der Waals surface area contributed by atoms with Crippen LogP contribution in [0.15, 0.2) is 0 Å². The van der Waals surface area contributed by atoms with Gasteiger partial charge >= 0.3 is 0 Å². The summed E-state index contributed by atoms with van der Waals surface area (Å²) in [4.78, 5) is 2.70. The third kappa shape index (κ3) is 9.90. The van der Waals surface area contributed by atoms with Gasteiger partial charge in [-0.2, -0.15) is 0 Å². The molecule has 1 unspecified atom stereocenters. The third-order valence-electron chi connectivity index (χ3n) is 3.57. The number of rotatable bonds is 12. The van der Waals surface area contributed by atoms with Crippen LogP contribution < -0.4 is 5.32 Å². The lowest BCUT2D eigenvalue weighted by Gasteiger charge is -2.29. The van der Waals surface area contributed by atoms with Crippen LogP contribution in [0.4, 0.5) is 0 Å². The average molecular weight is 256 g/mol. The first-order valence-electron chi connectivity index (χ1n) is 8.09. The highest BCUT2D eigenvalue weighted by Gasteiger charge is 2.12. The topological polar surface area (TPSA) is 15.3 Å². The van der Waals surface area contributed by atoms with E-state index in [9.17, 15) is 0 Å². The fourth-order valence-corrected chi connectivity index (χ4v) is 2.25. The Morgan fingerprint density at radius 1 is 0.889 bits per heavy atom. The molecule has 0 spiro atoms. The molecule has 1 N–H and O–H groups in total. The van der Waals surface area contributed by atoms with Crippen LogP contribution in [0.2, 0.25) is 0 Å². The second-order valence-electron chi connectivity index (χ2n) is 5.84. The van der Waals surface area contributed by atoms with E-state index in [1.807, 2.05) is 0 Å². The second-order valence-corrected chi connectivity index (χ2v) is 5.84. The minimum Gasteiger partial charge on any atom is -0.315 e. The summed E-state index contributed by atoms with van der Waals surface area (Å²) in [5.41, 5.74) is 0. The van der Waals surface area contributed by atoms with Gasteiger partial charge in [0.2, 0.25) is 0 Å². The Kier molecular flexibility index (Phi) is 11.9. The van der Waals surface area contributed by atoms with Crippen LogP contribution in [0, 0.1) is 0 Å². The van der Waals surface area contributed by atoms with E-state index in [4.69, 9.17) is 0 Å². The Bertz CT molecular complexity index is 160. The number of nitrogens with one attached hydrogen (secondary N) is 1. The maximum absolute atomic E-state index is 3.51. The molecule has 0 rings (SSSR count). The van der Waals surface area contributed by atoms with Gasteiger partial charge in [-0.15, -0.1) is 0 Å². The SMILES string of the molecule is CCCCN(CCCC)C(C)CCCNC(C)C. The fourth-order valence-electron chi connectivity index (χ4n) is 2.25. The number of nitrogens with zero attached hydrogens (tertiary/aromatic N) is 1. The van der Waals surface area contributed by atoms with E-state index in [0.717, 1.165) is 12.6 Å². The van der Waals surface area contributed by atoms with Crippen molar-refractivity contribution in [1.82, 2.24) is 10.2 Å². The first-order valence-corrected chi connectivity index (χ1v) is 8.09. The Balaban J connectivity index is 3.83. The summed E-state index contributed by atoms with van der Waals surface area (Å²) in [6.45, 7) is 15.2. The van der Waals surface area contributed by atoms with Gasteiger partial charge in [0, 0.05) is 12.1 Å².